The smallest absolute Gasteiger partial charge is 0.116 e. The second-order valence-electron chi connectivity index (χ2n) is 5.33. The topological polar surface area (TPSA) is 23.5 Å². The quantitative estimate of drug-likeness (QED) is 0.740. The van der Waals surface area contributed by atoms with Gasteiger partial charge in [-0.3, -0.25) is 0 Å². The number of hydrogen-bond acceptors (Lipinski definition) is 2. The molecule has 1 aliphatic rings. The van der Waals surface area contributed by atoms with Crippen molar-refractivity contribution in [3.05, 3.63) is 72.9 Å². The van der Waals surface area contributed by atoms with E-state index >= 15 is 0 Å². The van der Waals surface area contributed by atoms with E-state index in [0.29, 0.717) is 5.75 Å². The molecule has 3 aromatic rings. The van der Waals surface area contributed by atoms with Gasteiger partial charge in [-0.15, -0.1) is 0 Å². The van der Waals surface area contributed by atoms with Gasteiger partial charge in [0.2, 0.25) is 0 Å². The summed E-state index contributed by atoms with van der Waals surface area (Å²) in [5.74, 6) is 0.307. The molecule has 1 N–H and O–H groups in total. The van der Waals surface area contributed by atoms with Crippen LogP contribution in [-0.2, 0) is 0 Å². The van der Waals surface area contributed by atoms with Gasteiger partial charge in [0.1, 0.15) is 5.75 Å². The minimum atomic E-state index is 0.307. The lowest BCUT2D eigenvalue weighted by Crippen LogP contribution is -2.23. The first-order chi connectivity index (χ1) is 10.3. The number of aromatic hydroxyl groups is 1. The Morgan fingerprint density at radius 2 is 1.57 bits per heavy atom. The van der Waals surface area contributed by atoms with E-state index in [1.54, 1.807) is 12.1 Å². The normalized spacial score (nSPS) is 13.4. The molecule has 21 heavy (non-hydrogen) atoms. The average Bonchev–Trinajstić information content (AvgIpc) is 2.45. The third-order valence-electron chi connectivity index (χ3n) is 3.92. The number of nitrogens with zero attached hydrogens (tertiary/aromatic N) is 1. The monoisotopic (exact) mass is 273 g/mol. The van der Waals surface area contributed by atoms with Crippen LogP contribution in [0.2, 0.25) is 0 Å². The van der Waals surface area contributed by atoms with Crippen LogP contribution in [0.5, 0.6) is 5.75 Å². The van der Waals surface area contributed by atoms with Gasteiger partial charge in [0.25, 0.3) is 0 Å². The largest absolute Gasteiger partial charge is 0.508 e. The summed E-state index contributed by atoms with van der Waals surface area (Å²) in [7, 11) is 0. The van der Waals surface area contributed by atoms with E-state index in [0.717, 1.165) is 17.3 Å². The number of anilines is 1. The Morgan fingerprint density at radius 1 is 0.810 bits per heavy atom. The zero-order valence-electron chi connectivity index (χ0n) is 11.5. The van der Waals surface area contributed by atoms with Gasteiger partial charge in [-0.1, -0.05) is 30.3 Å². The second kappa shape index (κ2) is 4.67. The number of rotatable bonds is 2. The Kier molecular flexibility index (Phi) is 2.68. The van der Waals surface area contributed by atoms with Gasteiger partial charge in [-0.2, -0.15) is 0 Å². The summed E-state index contributed by atoms with van der Waals surface area (Å²) in [6.45, 7) is 0.987. The van der Waals surface area contributed by atoms with Crippen LogP contribution in [0.1, 0.15) is 0 Å². The molecule has 102 valence electrons. The van der Waals surface area contributed by atoms with Crippen LogP contribution in [0.4, 0.5) is 5.69 Å². The first-order valence-electron chi connectivity index (χ1n) is 7.06. The van der Waals surface area contributed by atoms with Crippen LogP contribution >= 0.6 is 0 Å². The van der Waals surface area contributed by atoms with Crippen LogP contribution in [0.3, 0.4) is 0 Å². The highest BCUT2D eigenvalue weighted by Crippen LogP contribution is 2.29. The van der Waals surface area contributed by atoms with Crippen molar-refractivity contribution in [2.45, 2.75) is 0 Å². The molecule has 0 fully saturated rings. The summed E-state index contributed by atoms with van der Waals surface area (Å²) in [5.41, 5.74) is 3.63. The molecule has 0 spiro atoms. The van der Waals surface area contributed by atoms with Gasteiger partial charge in [-0.25, -0.2) is 0 Å². The molecule has 0 unspecified atom stereocenters. The molecule has 3 aromatic carbocycles. The zero-order chi connectivity index (χ0) is 14.2. The molecule has 0 bridgehead atoms. The lowest BCUT2D eigenvalue weighted by atomic mass is 10.0. The Morgan fingerprint density at radius 3 is 2.38 bits per heavy atom. The van der Waals surface area contributed by atoms with Crippen molar-refractivity contribution in [2.75, 3.05) is 11.4 Å². The molecule has 0 radical (unpaired) electrons. The average molecular weight is 273 g/mol. The predicted molar refractivity (Wildman–Crippen MR) is 87.5 cm³/mol. The van der Waals surface area contributed by atoms with Crippen LogP contribution in [-0.4, -0.2) is 11.7 Å². The fourth-order valence-corrected chi connectivity index (χ4v) is 2.68. The SMILES string of the molecule is Oc1ccc2cc(-c3cccc(N4C=CC4)c3)ccc2c1. The molecule has 0 aliphatic carbocycles. The maximum absolute atomic E-state index is 9.54. The summed E-state index contributed by atoms with van der Waals surface area (Å²) >= 11 is 0. The number of hydrogen-bond donors (Lipinski definition) is 1. The highest BCUT2D eigenvalue weighted by molar-refractivity contribution is 5.88. The molecule has 0 amide bonds. The summed E-state index contributed by atoms with van der Waals surface area (Å²) < 4.78 is 0. The molecular formula is C19H15NO. The van der Waals surface area contributed by atoms with Crippen LogP contribution in [0.15, 0.2) is 72.9 Å². The molecule has 0 atom stereocenters. The maximum atomic E-state index is 9.54. The van der Waals surface area contributed by atoms with Gasteiger partial charge in [0, 0.05) is 18.4 Å². The third kappa shape index (κ3) is 2.15. The summed E-state index contributed by atoms with van der Waals surface area (Å²) in [6, 6.07) is 20.4. The third-order valence-corrected chi connectivity index (χ3v) is 3.92. The summed E-state index contributed by atoms with van der Waals surface area (Å²) in [4.78, 5) is 2.22. The molecule has 2 heteroatoms. The lowest BCUT2D eigenvalue weighted by Gasteiger charge is -2.25. The Hall–Kier alpha value is -2.74. The first kappa shape index (κ1) is 12.0. The molecule has 4 rings (SSSR count). The first-order valence-corrected chi connectivity index (χ1v) is 7.06. The van der Waals surface area contributed by atoms with E-state index in [2.05, 4.69) is 59.6 Å². The molecule has 0 saturated heterocycles. The Balaban J connectivity index is 1.78. The van der Waals surface area contributed by atoms with Crippen molar-refractivity contribution < 1.29 is 5.11 Å². The van der Waals surface area contributed by atoms with Crippen LogP contribution < -0.4 is 4.90 Å². The standard InChI is InChI=1S/C19H15NO/c21-19-8-7-16-11-15(5-6-17(16)13-19)14-3-1-4-18(12-14)20-9-2-10-20/h1-9,11-13,21H,10H2. The van der Waals surface area contributed by atoms with Crippen molar-refractivity contribution in [1.29, 1.82) is 0 Å². The van der Waals surface area contributed by atoms with Gasteiger partial charge < -0.3 is 10.0 Å². The van der Waals surface area contributed by atoms with Gasteiger partial charge in [0.05, 0.1) is 0 Å². The van der Waals surface area contributed by atoms with Gasteiger partial charge in [0.15, 0.2) is 0 Å². The number of fused-ring (bicyclic) bond motifs is 1. The minimum Gasteiger partial charge on any atom is -0.508 e. The fraction of sp³-hybridized carbons (Fsp3) is 0.0526. The minimum absolute atomic E-state index is 0.307. The zero-order valence-corrected chi connectivity index (χ0v) is 11.5. The molecule has 2 nitrogen and oxygen atoms in total. The molecular weight excluding hydrogens is 258 g/mol. The lowest BCUT2D eigenvalue weighted by molar-refractivity contribution is 0.476. The number of phenolic OH excluding ortho intramolecular Hbond substituents is 1. The highest BCUT2D eigenvalue weighted by Gasteiger charge is 2.08. The molecule has 0 aromatic heterocycles. The van der Waals surface area contributed by atoms with E-state index in [1.807, 2.05) is 6.07 Å². The van der Waals surface area contributed by atoms with Crippen molar-refractivity contribution in [2.24, 2.45) is 0 Å². The van der Waals surface area contributed by atoms with E-state index in [9.17, 15) is 5.11 Å². The van der Waals surface area contributed by atoms with Crippen molar-refractivity contribution >= 4 is 16.5 Å². The number of benzene rings is 3. The van der Waals surface area contributed by atoms with Gasteiger partial charge in [-0.05, 0) is 58.3 Å². The van der Waals surface area contributed by atoms with Crippen molar-refractivity contribution in [3.63, 3.8) is 0 Å². The Labute approximate surface area is 123 Å². The van der Waals surface area contributed by atoms with Crippen LogP contribution in [0, 0.1) is 0 Å². The molecule has 0 saturated carbocycles. The van der Waals surface area contributed by atoms with Crippen molar-refractivity contribution in [3.8, 4) is 16.9 Å². The van der Waals surface area contributed by atoms with E-state index < -0.39 is 0 Å². The summed E-state index contributed by atoms with van der Waals surface area (Å²) in [5, 5.41) is 11.7. The number of phenols is 1. The molecule has 1 heterocycles. The Bertz CT molecular complexity index is 851. The van der Waals surface area contributed by atoms with E-state index in [-0.39, 0.29) is 0 Å². The summed E-state index contributed by atoms with van der Waals surface area (Å²) in [6.07, 6.45) is 4.25. The second-order valence-corrected chi connectivity index (χ2v) is 5.33. The van der Waals surface area contributed by atoms with Crippen molar-refractivity contribution in [1.82, 2.24) is 0 Å². The predicted octanol–water partition coefficient (Wildman–Crippen LogP) is 4.55. The fourth-order valence-electron chi connectivity index (χ4n) is 2.68. The highest BCUT2D eigenvalue weighted by atomic mass is 16.3. The van der Waals surface area contributed by atoms with Gasteiger partial charge >= 0.3 is 0 Å². The van der Waals surface area contributed by atoms with E-state index in [4.69, 9.17) is 0 Å². The van der Waals surface area contributed by atoms with E-state index in [1.165, 1.54) is 16.8 Å². The van der Waals surface area contributed by atoms with Crippen LogP contribution in [0.25, 0.3) is 21.9 Å². The molecule has 1 aliphatic heterocycles. The maximum Gasteiger partial charge on any atom is 0.116 e.